The predicted octanol–water partition coefficient (Wildman–Crippen LogP) is 2.36. The van der Waals surface area contributed by atoms with Crippen LogP contribution in [0.3, 0.4) is 0 Å². The van der Waals surface area contributed by atoms with Crippen molar-refractivity contribution in [2.45, 2.75) is 0 Å². The molecule has 3 heteroatoms. The first kappa shape index (κ1) is 7.73. The zero-order chi connectivity index (χ0) is 9.26. The van der Waals surface area contributed by atoms with Crippen LogP contribution in [-0.4, -0.2) is 10.2 Å². The summed E-state index contributed by atoms with van der Waals surface area (Å²) in [5.41, 5.74) is 0.818. The summed E-state index contributed by atoms with van der Waals surface area (Å²) < 4.78 is 4.98. The van der Waals surface area contributed by atoms with Crippen molar-refractivity contribution >= 4 is 0 Å². The second kappa shape index (κ2) is 2.86. The van der Waals surface area contributed by atoms with Crippen LogP contribution in [0.15, 0.2) is 40.8 Å². The van der Waals surface area contributed by atoms with Crippen molar-refractivity contribution < 1.29 is 14.6 Å². The highest BCUT2D eigenvalue weighted by molar-refractivity contribution is 5.58. The highest BCUT2D eigenvalue weighted by Crippen LogP contribution is 2.26. The van der Waals surface area contributed by atoms with E-state index in [1.807, 2.05) is 0 Å². The summed E-state index contributed by atoms with van der Waals surface area (Å²) in [5, 5.41) is 18.0. The number of phenolic OH excluding ortho intramolecular Hbond substituents is 1. The van der Waals surface area contributed by atoms with Crippen molar-refractivity contribution in [1.82, 2.24) is 0 Å². The van der Waals surface area contributed by atoms with Crippen LogP contribution in [0.2, 0.25) is 0 Å². The van der Waals surface area contributed by atoms with E-state index in [1.165, 1.54) is 6.07 Å². The first-order valence-corrected chi connectivity index (χ1v) is 3.84. The first-order chi connectivity index (χ1) is 6.25. The number of rotatable bonds is 1. The van der Waals surface area contributed by atoms with Crippen LogP contribution < -0.4 is 0 Å². The van der Waals surface area contributed by atoms with Crippen LogP contribution in [0.4, 0.5) is 0 Å². The summed E-state index contributed by atoms with van der Waals surface area (Å²) in [7, 11) is 0. The van der Waals surface area contributed by atoms with E-state index in [4.69, 9.17) is 14.6 Å². The maximum Gasteiger partial charge on any atom is 0.282 e. The summed E-state index contributed by atoms with van der Waals surface area (Å²) >= 11 is 0. The SMILES string of the molecule is Oc1ccc(-c2ccc(O)o2)cc1. The number of furan rings is 1. The van der Waals surface area contributed by atoms with E-state index in [9.17, 15) is 0 Å². The molecule has 66 valence electrons. The largest absolute Gasteiger partial charge is 0.508 e. The minimum atomic E-state index is -0.108. The minimum Gasteiger partial charge on any atom is -0.508 e. The van der Waals surface area contributed by atoms with Gasteiger partial charge in [-0.15, -0.1) is 0 Å². The number of benzene rings is 1. The third-order valence-electron chi connectivity index (χ3n) is 1.74. The molecule has 1 aromatic carbocycles. The van der Waals surface area contributed by atoms with E-state index >= 15 is 0 Å². The van der Waals surface area contributed by atoms with Gasteiger partial charge in [0, 0.05) is 11.6 Å². The van der Waals surface area contributed by atoms with Crippen LogP contribution in [0.25, 0.3) is 11.3 Å². The van der Waals surface area contributed by atoms with E-state index in [2.05, 4.69) is 0 Å². The summed E-state index contributed by atoms with van der Waals surface area (Å²) in [6.45, 7) is 0. The molecule has 13 heavy (non-hydrogen) atoms. The molecule has 0 spiro atoms. The molecule has 0 aliphatic carbocycles. The van der Waals surface area contributed by atoms with Gasteiger partial charge < -0.3 is 14.6 Å². The second-order valence-electron chi connectivity index (χ2n) is 2.68. The van der Waals surface area contributed by atoms with Gasteiger partial charge in [-0.1, -0.05) is 0 Å². The number of hydrogen-bond donors (Lipinski definition) is 2. The van der Waals surface area contributed by atoms with Gasteiger partial charge in [0.2, 0.25) is 0 Å². The zero-order valence-electron chi connectivity index (χ0n) is 6.77. The van der Waals surface area contributed by atoms with Crippen molar-refractivity contribution in [2.24, 2.45) is 0 Å². The Morgan fingerprint density at radius 1 is 0.846 bits per heavy atom. The molecule has 1 aromatic heterocycles. The topological polar surface area (TPSA) is 53.6 Å². The molecule has 2 aromatic rings. The highest BCUT2D eigenvalue weighted by Gasteiger charge is 2.02. The van der Waals surface area contributed by atoms with Gasteiger partial charge in [0.25, 0.3) is 5.95 Å². The fraction of sp³-hybridized carbons (Fsp3) is 0. The van der Waals surface area contributed by atoms with Gasteiger partial charge in [-0.2, -0.15) is 0 Å². The molecule has 1 heterocycles. The Bertz CT molecular complexity index is 400. The smallest absolute Gasteiger partial charge is 0.282 e. The lowest BCUT2D eigenvalue weighted by Gasteiger charge is -1.95. The average Bonchev–Trinajstić information content (AvgIpc) is 2.53. The van der Waals surface area contributed by atoms with Crippen molar-refractivity contribution in [3.05, 3.63) is 36.4 Å². The average molecular weight is 176 g/mol. The molecule has 3 nitrogen and oxygen atoms in total. The number of phenols is 1. The predicted molar refractivity (Wildman–Crippen MR) is 47.5 cm³/mol. The molecule has 0 saturated heterocycles. The fourth-order valence-electron chi connectivity index (χ4n) is 1.11. The molecule has 0 amide bonds. The number of hydrogen-bond acceptors (Lipinski definition) is 3. The van der Waals surface area contributed by atoms with Gasteiger partial charge in [0.15, 0.2) is 0 Å². The Hall–Kier alpha value is -1.90. The van der Waals surface area contributed by atoms with E-state index in [0.717, 1.165) is 5.56 Å². The monoisotopic (exact) mass is 176 g/mol. The summed E-state index contributed by atoms with van der Waals surface area (Å²) in [6.07, 6.45) is 0. The third kappa shape index (κ3) is 1.49. The fourth-order valence-corrected chi connectivity index (χ4v) is 1.11. The van der Waals surface area contributed by atoms with E-state index in [0.29, 0.717) is 5.76 Å². The highest BCUT2D eigenvalue weighted by atomic mass is 16.5. The Morgan fingerprint density at radius 3 is 2.08 bits per heavy atom. The van der Waals surface area contributed by atoms with E-state index < -0.39 is 0 Å². The zero-order valence-corrected chi connectivity index (χ0v) is 6.77. The molecule has 0 radical (unpaired) electrons. The van der Waals surface area contributed by atoms with Crippen molar-refractivity contribution in [1.29, 1.82) is 0 Å². The Labute approximate surface area is 74.9 Å². The molecule has 0 aliphatic rings. The van der Waals surface area contributed by atoms with Crippen molar-refractivity contribution in [3.63, 3.8) is 0 Å². The molecular weight excluding hydrogens is 168 g/mol. The van der Waals surface area contributed by atoms with Crippen LogP contribution in [0, 0.1) is 0 Å². The third-order valence-corrected chi connectivity index (χ3v) is 1.74. The molecule has 0 atom stereocenters. The minimum absolute atomic E-state index is 0.108. The Balaban J connectivity index is 2.41. The van der Waals surface area contributed by atoms with Crippen molar-refractivity contribution in [2.75, 3.05) is 0 Å². The normalized spacial score (nSPS) is 10.2. The number of aromatic hydroxyl groups is 2. The maximum absolute atomic E-state index is 9.03. The van der Waals surface area contributed by atoms with Gasteiger partial charge >= 0.3 is 0 Å². The van der Waals surface area contributed by atoms with Crippen LogP contribution in [0.1, 0.15) is 0 Å². The van der Waals surface area contributed by atoms with Crippen LogP contribution >= 0.6 is 0 Å². The lowest BCUT2D eigenvalue weighted by molar-refractivity contribution is 0.338. The molecule has 0 aliphatic heterocycles. The molecule has 0 fully saturated rings. The summed E-state index contributed by atoms with van der Waals surface area (Å²) in [4.78, 5) is 0. The summed E-state index contributed by atoms with van der Waals surface area (Å²) in [5.74, 6) is 0.681. The second-order valence-corrected chi connectivity index (χ2v) is 2.68. The van der Waals surface area contributed by atoms with Crippen LogP contribution in [0.5, 0.6) is 11.7 Å². The summed E-state index contributed by atoms with van der Waals surface area (Å²) in [6, 6.07) is 9.70. The molecule has 0 saturated carbocycles. The van der Waals surface area contributed by atoms with E-state index in [-0.39, 0.29) is 11.7 Å². The standard InChI is InChI=1S/C10H8O3/c11-8-3-1-7(2-4-8)9-5-6-10(12)13-9/h1-6,11-12H. The first-order valence-electron chi connectivity index (χ1n) is 3.84. The van der Waals surface area contributed by atoms with Crippen molar-refractivity contribution in [3.8, 4) is 23.0 Å². The molecule has 2 N–H and O–H groups in total. The van der Waals surface area contributed by atoms with Crippen LogP contribution in [-0.2, 0) is 0 Å². The Morgan fingerprint density at radius 2 is 1.54 bits per heavy atom. The van der Waals surface area contributed by atoms with Gasteiger partial charge in [-0.3, -0.25) is 0 Å². The molecular formula is C10H8O3. The maximum atomic E-state index is 9.03. The van der Waals surface area contributed by atoms with Gasteiger partial charge in [0.1, 0.15) is 11.5 Å². The molecule has 2 rings (SSSR count). The quantitative estimate of drug-likeness (QED) is 0.701. The van der Waals surface area contributed by atoms with Gasteiger partial charge in [-0.25, -0.2) is 0 Å². The lowest BCUT2D eigenvalue weighted by Crippen LogP contribution is -1.71. The van der Waals surface area contributed by atoms with Gasteiger partial charge in [0.05, 0.1) is 0 Å². The molecule has 0 unspecified atom stereocenters. The van der Waals surface area contributed by atoms with Gasteiger partial charge in [-0.05, 0) is 30.3 Å². The lowest BCUT2D eigenvalue weighted by atomic mass is 10.2. The molecule has 0 bridgehead atoms. The Kier molecular flexibility index (Phi) is 1.70. The van der Waals surface area contributed by atoms with E-state index in [1.54, 1.807) is 30.3 Å².